The molecule has 1 aromatic rings. The van der Waals surface area contributed by atoms with E-state index in [1.54, 1.807) is 6.07 Å². The monoisotopic (exact) mass is 239 g/mol. The number of ether oxygens (including phenoxy) is 1. The third-order valence-corrected chi connectivity index (χ3v) is 2.86. The quantitative estimate of drug-likeness (QED) is 0.801. The molecule has 0 bridgehead atoms. The third kappa shape index (κ3) is 3.82. The van der Waals surface area contributed by atoms with Gasteiger partial charge in [0.2, 0.25) is 0 Å². The summed E-state index contributed by atoms with van der Waals surface area (Å²) in [4.78, 5) is 11.2. The maximum absolute atomic E-state index is 13.1. The van der Waals surface area contributed by atoms with Crippen molar-refractivity contribution in [3.8, 4) is 0 Å². The van der Waals surface area contributed by atoms with Crippen LogP contribution in [0, 0.1) is 5.82 Å². The molecule has 2 atom stereocenters. The highest BCUT2D eigenvalue weighted by atomic mass is 19.1. The number of carbonyl (C=O) groups excluding carboxylic acids is 1. The Labute approximate surface area is 101 Å². The molecule has 0 radical (unpaired) electrons. The molecule has 0 saturated carbocycles. The summed E-state index contributed by atoms with van der Waals surface area (Å²) in [6.45, 7) is 1.99. The molecule has 0 amide bonds. The van der Waals surface area contributed by atoms with Gasteiger partial charge in [-0.25, -0.2) is 4.39 Å². The van der Waals surface area contributed by atoms with Gasteiger partial charge in [0.05, 0.1) is 7.11 Å². The molecule has 2 N–H and O–H groups in total. The van der Waals surface area contributed by atoms with Gasteiger partial charge < -0.3 is 10.5 Å². The van der Waals surface area contributed by atoms with E-state index >= 15 is 0 Å². The summed E-state index contributed by atoms with van der Waals surface area (Å²) >= 11 is 0. The van der Waals surface area contributed by atoms with E-state index in [-0.39, 0.29) is 11.7 Å². The predicted octanol–water partition coefficient (Wildman–Crippen LogP) is 2.21. The Kier molecular flexibility index (Phi) is 5.10. The average Bonchev–Trinajstić information content (AvgIpc) is 2.34. The molecule has 0 saturated heterocycles. The van der Waals surface area contributed by atoms with Gasteiger partial charge >= 0.3 is 5.97 Å². The second kappa shape index (κ2) is 6.35. The largest absolute Gasteiger partial charge is 0.468 e. The number of rotatable bonds is 5. The van der Waals surface area contributed by atoms with E-state index in [2.05, 4.69) is 4.74 Å². The lowest BCUT2D eigenvalue weighted by atomic mass is 9.90. The normalized spacial score (nSPS) is 14.1. The number of esters is 1. The highest BCUT2D eigenvalue weighted by molar-refractivity contribution is 5.75. The van der Waals surface area contributed by atoms with Gasteiger partial charge in [-0.3, -0.25) is 4.79 Å². The third-order valence-electron chi connectivity index (χ3n) is 2.86. The fourth-order valence-corrected chi connectivity index (χ4v) is 1.85. The van der Waals surface area contributed by atoms with Crippen molar-refractivity contribution >= 4 is 5.97 Å². The van der Waals surface area contributed by atoms with Crippen LogP contribution in [0.5, 0.6) is 0 Å². The molecule has 0 spiro atoms. The lowest BCUT2D eigenvalue weighted by Crippen LogP contribution is -2.33. The van der Waals surface area contributed by atoms with Gasteiger partial charge in [0.25, 0.3) is 0 Å². The van der Waals surface area contributed by atoms with Crippen LogP contribution >= 0.6 is 0 Å². The first-order valence-electron chi connectivity index (χ1n) is 5.67. The summed E-state index contributed by atoms with van der Waals surface area (Å²) in [6.07, 6.45) is 1.26. The minimum Gasteiger partial charge on any atom is -0.468 e. The Morgan fingerprint density at radius 1 is 1.53 bits per heavy atom. The van der Waals surface area contributed by atoms with E-state index in [4.69, 9.17) is 5.73 Å². The molecule has 17 heavy (non-hydrogen) atoms. The molecule has 0 heterocycles. The van der Waals surface area contributed by atoms with Gasteiger partial charge in [0.1, 0.15) is 11.9 Å². The summed E-state index contributed by atoms with van der Waals surface area (Å²) in [5.74, 6) is -0.632. The highest BCUT2D eigenvalue weighted by Crippen LogP contribution is 2.25. The molecule has 0 aromatic heterocycles. The fraction of sp³-hybridized carbons (Fsp3) is 0.462. The minimum absolute atomic E-state index is 0.0693. The van der Waals surface area contributed by atoms with Crippen molar-refractivity contribution in [2.45, 2.75) is 31.7 Å². The van der Waals surface area contributed by atoms with Gasteiger partial charge in [-0.2, -0.15) is 0 Å². The lowest BCUT2D eigenvalue weighted by molar-refractivity contribution is -0.142. The van der Waals surface area contributed by atoms with E-state index < -0.39 is 12.0 Å². The zero-order valence-corrected chi connectivity index (χ0v) is 10.2. The molecular weight excluding hydrogens is 221 g/mol. The van der Waals surface area contributed by atoms with Crippen LogP contribution in [0.4, 0.5) is 4.39 Å². The van der Waals surface area contributed by atoms with Crippen molar-refractivity contribution in [2.24, 2.45) is 5.73 Å². The zero-order chi connectivity index (χ0) is 12.8. The van der Waals surface area contributed by atoms with Crippen molar-refractivity contribution in [1.82, 2.24) is 0 Å². The van der Waals surface area contributed by atoms with Crippen LogP contribution in [0.1, 0.15) is 31.2 Å². The van der Waals surface area contributed by atoms with Crippen molar-refractivity contribution in [3.63, 3.8) is 0 Å². The number of methoxy groups -OCH3 is 1. The van der Waals surface area contributed by atoms with Gasteiger partial charge in [-0.15, -0.1) is 0 Å². The summed E-state index contributed by atoms with van der Waals surface area (Å²) in [5, 5.41) is 0. The second-order valence-corrected chi connectivity index (χ2v) is 4.03. The average molecular weight is 239 g/mol. The summed E-state index contributed by atoms with van der Waals surface area (Å²) < 4.78 is 17.7. The van der Waals surface area contributed by atoms with Gasteiger partial charge in [0.15, 0.2) is 0 Å². The van der Waals surface area contributed by atoms with E-state index in [1.807, 2.05) is 13.0 Å². The van der Waals surface area contributed by atoms with Crippen molar-refractivity contribution in [2.75, 3.05) is 7.11 Å². The van der Waals surface area contributed by atoms with Crippen LogP contribution in [0.25, 0.3) is 0 Å². The van der Waals surface area contributed by atoms with E-state index in [9.17, 15) is 9.18 Å². The molecular formula is C13H18FNO2. The highest BCUT2D eigenvalue weighted by Gasteiger charge is 2.20. The van der Waals surface area contributed by atoms with Crippen LogP contribution in [0.15, 0.2) is 24.3 Å². The molecule has 3 nitrogen and oxygen atoms in total. The molecule has 94 valence electrons. The maximum Gasteiger partial charge on any atom is 0.322 e. The Bertz CT molecular complexity index is 381. The summed E-state index contributed by atoms with van der Waals surface area (Å²) in [6, 6.07) is 5.74. The van der Waals surface area contributed by atoms with Crippen LogP contribution in [-0.2, 0) is 9.53 Å². The maximum atomic E-state index is 13.1. The van der Waals surface area contributed by atoms with Crippen LogP contribution < -0.4 is 5.73 Å². The molecule has 0 aliphatic heterocycles. The Morgan fingerprint density at radius 2 is 2.24 bits per heavy atom. The van der Waals surface area contributed by atoms with Gasteiger partial charge in [-0.1, -0.05) is 19.1 Å². The lowest BCUT2D eigenvalue weighted by Gasteiger charge is -2.18. The van der Waals surface area contributed by atoms with E-state index in [1.165, 1.54) is 19.2 Å². The smallest absolute Gasteiger partial charge is 0.322 e. The first kappa shape index (κ1) is 13.6. The van der Waals surface area contributed by atoms with Crippen LogP contribution in [-0.4, -0.2) is 19.1 Å². The topological polar surface area (TPSA) is 52.3 Å². The molecule has 4 heteroatoms. The van der Waals surface area contributed by atoms with Gasteiger partial charge in [0, 0.05) is 0 Å². The Morgan fingerprint density at radius 3 is 2.76 bits per heavy atom. The molecule has 0 fully saturated rings. The summed E-state index contributed by atoms with van der Waals surface area (Å²) in [7, 11) is 1.31. The van der Waals surface area contributed by atoms with Crippen molar-refractivity contribution < 1.29 is 13.9 Å². The fourth-order valence-electron chi connectivity index (χ4n) is 1.85. The van der Waals surface area contributed by atoms with Crippen LogP contribution in [0.2, 0.25) is 0 Å². The predicted molar refractivity (Wildman–Crippen MR) is 64.0 cm³/mol. The molecule has 0 aliphatic carbocycles. The van der Waals surface area contributed by atoms with Crippen molar-refractivity contribution in [1.29, 1.82) is 0 Å². The first-order chi connectivity index (χ1) is 8.08. The Hall–Kier alpha value is -1.42. The molecule has 1 rings (SSSR count). The number of nitrogens with two attached hydrogens (primary N) is 1. The minimum atomic E-state index is -0.659. The second-order valence-electron chi connectivity index (χ2n) is 4.03. The number of halogens is 1. The SMILES string of the molecule is CCC(CC(N)C(=O)OC)c1cccc(F)c1. The number of hydrogen-bond donors (Lipinski definition) is 1. The summed E-state index contributed by atoms with van der Waals surface area (Å²) in [5.41, 5.74) is 6.58. The van der Waals surface area contributed by atoms with Crippen LogP contribution in [0.3, 0.4) is 0 Å². The first-order valence-corrected chi connectivity index (χ1v) is 5.67. The van der Waals surface area contributed by atoms with Crippen molar-refractivity contribution in [3.05, 3.63) is 35.6 Å². The molecule has 1 aromatic carbocycles. The van der Waals surface area contributed by atoms with E-state index in [0.29, 0.717) is 6.42 Å². The Balaban J connectivity index is 2.75. The van der Waals surface area contributed by atoms with E-state index in [0.717, 1.165) is 12.0 Å². The standard InChI is InChI=1S/C13H18FNO2/c1-3-9(8-12(15)13(16)17-2)10-5-4-6-11(14)7-10/h4-7,9,12H,3,8,15H2,1-2H3. The molecule has 0 aliphatic rings. The number of hydrogen-bond acceptors (Lipinski definition) is 3. The van der Waals surface area contributed by atoms with Gasteiger partial charge in [-0.05, 0) is 36.5 Å². The number of benzene rings is 1. The zero-order valence-electron chi connectivity index (χ0n) is 10.2. The molecule has 2 unspecified atom stereocenters. The number of carbonyl (C=O) groups is 1.